The van der Waals surface area contributed by atoms with E-state index in [0.717, 1.165) is 42.4 Å². The first-order chi connectivity index (χ1) is 17.2. The lowest BCUT2D eigenvalue weighted by atomic mass is 9.88. The molecule has 0 aliphatic carbocycles. The van der Waals surface area contributed by atoms with Gasteiger partial charge in [0.05, 0.1) is 17.2 Å². The molecule has 1 aliphatic heterocycles. The molecule has 1 aromatic carbocycles. The molecular formula is C27H36N6O3. The predicted octanol–water partition coefficient (Wildman–Crippen LogP) is 4.54. The summed E-state index contributed by atoms with van der Waals surface area (Å²) in [5.74, 6) is 0.139. The highest BCUT2D eigenvalue weighted by molar-refractivity contribution is 6.02. The lowest BCUT2D eigenvalue weighted by molar-refractivity contribution is -0.125. The van der Waals surface area contributed by atoms with Crippen LogP contribution in [0.2, 0.25) is 0 Å². The molecule has 0 radical (unpaired) electrons. The molecule has 0 spiro atoms. The number of fused-ring (bicyclic) bond motifs is 1. The normalized spacial score (nSPS) is 17.6. The molecule has 3 aromatic rings. The Morgan fingerprint density at radius 3 is 2.75 bits per heavy atom. The van der Waals surface area contributed by atoms with Gasteiger partial charge in [-0.05, 0) is 55.4 Å². The van der Waals surface area contributed by atoms with Crippen LogP contribution in [0.25, 0.3) is 11.0 Å². The number of amides is 2. The van der Waals surface area contributed by atoms with Gasteiger partial charge in [-0.1, -0.05) is 38.6 Å². The average molecular weight is 493 g/mol. The smallest absolute Gasteiger partial charge is 0.296 e. The molecule has 2 atom stereocenters. The minimum atomic E-state index is -0.401. The maximum atomic E-state index is 12.8. The van der Waals surface area contributed by atoms with Crippen molar-refractivity contribution < 1.29 is 14.1 Å². The lowest BCUT2D eigenvalue weighted by Gasteiger charge is -2.28. The van der Waals surface area contributed by atoms with E-state index in [4.69, 9.17) is 9.51 Å². The number of nitrogens with zero attached hydrogens (tertiary/aromatic N) is 4. The number of benzene rings is 1. The van der Waals surface area contributed by atoms with Gasteiger partial charge < -0.3 is 19.3 Å². The van der Waals surface area contributed by atoms with Crippen molar-refractivity contribution in [3.05, 3.63) is 54.4 Å². The number of nitrogens with one attached hydrogen (secondary N) is 2. The monoisotopic (exact) mass is 492 g/mol. The van der Waals surface area contributed by atoms with Crippen LogP contribution in [0.3, 0.4) is 0 Å². The number of aromatic nitrogens is 3. The van der Waals surface area contributed by atoms with Crippen LogP contribution in [0.5, 0.6) is 0 Å². The molecule has 192 valence electrons. The van der Waals surface area contributed by atoms with E-state index < -0.39 is 5.91 Å². The maximum Gasteiger partial charge on any atom is 0.296 e. The highest BCUT2D eigenvalue weighted by Gasteiger charge is 2.26. The summed E-state index contributed by atoms with van der Waals surface area (Å²) in [4.78, 5) is 31.6. The molecule has 1 saturated heterocycles. The third-order valence-corrected chi connectivity index (χ3v) is 7.10. The molecule has 0 bridgehead atoms. The second kappa shape index (κ2) is 10.7. The van der Waals surface area contributed by atoms with Crippen LogP contribution in [-0.4, -0.2) is 50.6 Å². The van der Waals surface area contributed by atoms with E-state index in [9.17, 15) is 9.59 Å². The van der Waals surface area contributed by atoms with Gasteiger partial charge in [-0.15, -0.1) is 0 Å². The number of hydrogen-bond acceptors (Lipinski definition) is 6. The molecule has 4 rings (SSSR count). The largest absolute Gasteiger partial charge is 0.351 e. The Bertz CT molecular complexity index is 1220. The van der Waals surface area contributed by atoms with Crippen molar-refractivity contribution in [2.45, 2.75) is 65.6 Å². The van der Waals surface area contributed by atoms with Crippen molar-refractivity contribution in [3.63, 3.8) is 0 Å². The molecule has 3 heterocycles. The highest BCUT2D eigenvalue weighted by atomic mass is 16.5. The molecule has 1 fully saturated rings. The summed E-state index contributed by atoms with van der Waals surface area (Å²) >= 11 is 0. The van der Waals surface area contributed by atoms with Gasteiger partial charge in [0.25, 0.3) is 5.91 Å². The van der Waals surface area contributed by atoms with Crippen molar-refractivity contribution in [2.75, 3.05) is 18.4 Å². The molecule has 2 aromatic heterocycles. The van der Waals surface area contributed by atoms with Crippen molar-refractivity contribution in [3.8, 4) is 0 Å². The molecule has 2 N–H and O–H groups in total. The van der Waals surface area contributed by atoms with Crippen LogP contribution < -0.4 is 10.6 Å². The Kier molecular flexibility index (Phi) is 7.59. The predicted molar refractivity (Wildman–Crippen MR) is 140 cm³/mol. The Morgan fingerprint density at radius 1 is 1.25 bits per heavy atom. The molecule has 1 aliphatic rings. The summed E-state index contributed by atoms with van der Waals surface area (Å²) in [6, 6.07) is 8.19. The number of carbonyl (C=O) groups excluding carboxylic acids is 2. The van der Waals surface area contributed by atoms with E-state index in [0.29, 0.717) is 25.1 Å². The maximum absolute atomic E-state index is 12.8. The topological polar surface area (TPSA) is 105 Å². The Morgan fingerprint density at radius 2 is 2.06 bits per heavy atom. The third kappa shape index (κ3) is 5.67. The van der Waals surface area contributed by atoms with Crippen molar-refractivity contribution >= 4 is 28.8 Å². The summed E-state index contributed by atoms with van der Waals surface area (Å²) < 4.78 is 7.14. The van der Waals surface area contributed by atoms with Crippen LogP contribution >= 0.6 is 0 Å². The fraction of sp³-hybridized carbons (Fsp3) is 0.481. The quantitative estimate of drug-likeness (QED) is 0.469. The zero-order chi connectivity index (χ0) is 25.9. The fourth-order valence-electron chi connectivity index (χ4n) is 4.47. The van der Waals surface area contributed by atoms with Gasteiger partial charge in [-0.25, -0.2) is 4.98 Å². The second-order valence-corrected chi connectivity index (χ2v) is 10.5. The van der Waals surface area contributed by atoms with Gasteiger partial charge in [0.2, 0.25) is 17.6 Å². The van der Waals surface area contributed by atoms with Crippen molar-refractivity contribution in [1.29, 1.82) is 0 Å². The van der Waals surface area contributed by atoms with Crippen molar-refractivity contribution in [2.24, 2.45) is 5.41 Å². The number of likely N-dealkylation sites (tertiary alicyclic amines) is 1. The van der Waals surface area contributed by atoms with E-state index in [-0.39, 0.29) is 23.1 Å². The molecule has 2 amide bonds. The Balaban J connectivity index is 1.64. The van der Waals surface area contributed by atoms with E-state index in [1.807, 2.05) is 4.90 Å². The number of carbonyl (C=O) groups is 2. The van der Waals surface area contributed by atoms with Gasteiger partial charge in [-0.3, -0.25) is 14.9 Å². The highest BCUT2D eigenvalue weighted by Crippen LogP contribution is 2.32. The molecule has 9 nitrogen and oxygen atoms in total. The van der Waals surface area contributed by atoms with Gasteiger partial charge in [0.15, 0.2) is 0 Å². The summed E-state index contributed by atoms with van der Waals surface area (Å²) in [6.07, 6.45) is 5.27. The Hall–Kier alpha value is -3.46. The van der Waals surface area contributed by atoms with Gasteiger partial charge in [-0.2, -0.15) is 0 Å². The van der Waals surface area contributed by atoms with E-state index >= 15 is 0 Å². The average Bonchev–Trinajstić information content (AvgIpc) is 3.43. The van der Waals surface area contributed by atoms with E-state index in [1.165, 1.54) is 18.3 Å². The standard InChI is InChI=1S/C27H36N6O3/c1-6-24(34)32-14-7-8-20(12-15-32)33-22-10-9-19(17-28-18(2)27(3,4)5)16-21(22)30-26(33)31-25(35)23-11-13-29-36-23/h6,9-11,13,16,18,20,28H,1,7-8,12,14-15,17H2,2-5H3,(H,30,31,35)/t18-,20+/m0/s1. The summed E-state index contributed by atoms with van der Waals surface area (Å²) in [5.41, 5.74) is 3.04. The van der Waals surface area contributed by atoms with Gasteiger partial charge in [0, 0.05) is 37.8 Å². The summed E-state index contributed by atoms with van der Waals surface area (Å²) in [7, 11) is 0. The SMILES string of the molecule is C=CC(=O)N1CCC[C@@H](n2c(NC(=O)c3ccno3)nc3cc(CN[C@@H](C)C(C)(C)C)ccc32)CC1. The van der Waals surface area contributed by atoms with Gasteiger partial charge in [0.1, 0.15) is 0 Å². The molecule has 9 heteroatoms. The zero-order valence-electron chi connectivity index (χ0n) is 21.6. The van der Waals surface area contributed by atoms with E-state index in [1.54, 1.807) is 0 Å². The van der Waals surface area contributed by atoms with Crippen molar-refractivity contribution in [1.82, 2.24) is 24.9 Å². The minimum Gasteiger partial charge on any atom is -0.351 e. The van der Waals surface area contributed by atoms with Crippen LogP contribution in [0.4, 0.5) is 5.95 Å². The number of rotatable bonds is 7. The third-order valence-electron chi connectivity index (χ3n) is 7.10. The van der Waals surface area contributed by atoms with Crippen LogP contribution in [-0.2, 0) is 11.3 Å². The van der Waals surface area contributed by atoms with Crippen LogP contribution in [0, 0.1) is 5.41 Å². The second-order valence-electron chi connectivity index (χ2n) is 10.5. The number of hydrogen-bond donors (Lipinski definition) is 2. The molecule has 36 heavy (non-hydrogen) atoms. The summed E-state index contributed by atoms with van der Waals surface area (Å²) in [5, 5.41) is 10.2. The first kappa shape index (κ1) is 25.6. The summed E-state index contributed by atoms with van der Waals surface area (Å²) in [6.45, 7) is 14.5. The number of anilines is 1. The van der Waals surface area contributed by atoms with E-state index in [2.05, 4.69) is 72.8 Å². The van der Waals surface area contributed by atoms with Crippen LogP contribution in [0.1, 0.15) is 69.1 Å². The lowest BCUT2D eigenvalue weighted by Crippen LogP contribution is -2.37. The van der Waals surface area contributed by atoms with Crippen LogP contribution in [0.15, 0.2) is 47.6 Å². The molecule has 0 unspecified atom stereocenters. The molecule has 0 saturated carbocycles. The Labute approximate surface area is 211 Å². The number of imidazole rings is 1. The zero-order valence-corrected chi connectivity index (χ0v) is 21.6. The first-order valence-electron chi connectivity index (χ1n) is 12.5. The van der Waals surface area contributed by atoms with Gasteiger partial charge >= 0.3 is 0 Å². The minimum absolute atomic E-state index is 0.0494. The first-order valence-corrected chi connectivity index (χ1v) is 12.5. The molecular weight excluding hydrogens is 456 g/mol. The fourth-order valence-corrected chi connectivity index (χ4v) is 4.47.